The highest BCUT2D eigenvalue weighted by molar-refractivity contribution is 5.90. The van der Waals surface area contributed by atoms with Crippen LogP contribution in [0.25, 0.3) is 0 Å². The number of aryl methyl sites for hydroxylation is 1. The van der Waals surface area contributed by atoms with Gasteiger partial charge in [0.15, 0.2) is 0 Å². The summed E-state index contributed by atoms with van der Waals surface area (Å²) < 4.78 is 0. The molecule has 4 nitrogen and oxygen atoms in total. The van der Waals surface area contributed by atoms with E-state index in [0.29, 0.717) is 5.92 Å². The summed E-state index contributed by atoms with van der Waals surface area (Å²) in [5.41, 5.74) is 1.63. The van der Waals surface area contributed by atoms with Gasteiger partial charge < -0.3 is 15.3 Å². The number of carbonyl (C=O) groups excluding carboxylic acids is 1. The second-order valence-corrected chi connectivity index (χ2v) is 5.10. The zero-order chi connectivity index (χ0) is 13.1. The van der Waals surface area contributed by atoms with Crippen LogP contribution in [0.3, 0.4) is 0 Å². The molecule has 1 heterocycles. The van der Waals surface area contributed by atoms with Gasteiger partial charge in [-0.3, -0.25) is 0 Å². The first-order valence-electron chi connectivity index (χ1n) is 6.42. The van der Waals surface area contributed by atoms with Crippen LogP contribution in [0.5, 0.6) is 5.75 Å². The SMILES string of the molecule is Cc1cc(O)ccc1NC(=O)N1CCC(C)CC1. The predicted molar refractivity (Wildman–Crippen MR) is 71.8 cm³/mol. The van der Waals surface area contributed by atoms with Gasteiger partial charge in [-0.1, -0.05) is 6.92 Å². The standard InChI is InChI=1S/C14H20N2O2/c1-10-5-7-16(8-6-10)14(18)15-13-4-3-12(17)9-11(13)2/h3-4,9-10,17H,5-8H2,1-2H3,(H,15,18). The van der Waals surface area contributed by atoms with Crippen molar-refractivity contribution in [3.8, 4) is 5.75 Å². The fourth-order valence-electron chi connectivity index (χ4n) is 2.19. The van der Waals surface area contributed by atoms with Crippen molar-refractivity contribution in [2.45, 2.75) is 26.7 Å². The Morgan fingerprint density at radius 1 is 1.39 bits per heavy atom. The number of hydrogen-bond acceptors (Lipinski definition) is 2. The van der Waals surface area contributed by atoms with Crippen molar-refractivity contribution < 1.29 is 9.90 Å². The Hall–Kier alpha value is -1.71. The molecule has 0 radical (unpaired) electrons. The highest BCUT2D eigenvalue weighted by atomic mass is 16.3. The van der Waals surface area contributed by atoms with Gasteiger partial charge in [0, 0.05) is 18.8 Å². The number of piperidine rings is 1. The fourth-order valence-corrected chi connectivity index (χ4v) is 2.19. The Kier molecular flexibility index (Phi) is 3.75. The van der Waals surface area contributed by atoms with E-state index in [0.717, 1.165) is 37.2 Å². The van der Waals surface area contributed by atoms with E-state index >= 15 is 0 Å². The lowest BCUT2D eigenvalue weighted by Gasteiger charge is -2.30. The van der Waals surface area contributed by atoms with Crippen LogP contribution < -0.4 is 5.32 Å². The Morgan fingerprint density at radius 2 is 2.06 bits per heavy atom. The molecule has 4 heteroatoms. The zero-order valence-corrected chi connectivity index (χ0v) is 10.9. The van der Waals surface area contributed by atoms with Crippen LogP contribution in [0.1, 0.15) is 25.3 Å². The Bertz CT molecular complexity index is 437. The van der Waals surface area contributed by atoms with E-state index in [1.165, 1.54) is 0 Å². The molecule has 2 amide bonds. The van der Waals surface area contributed by atoms with Crippen LogP contribution >= 0.6 is 0 Å². The predicted octanol–water partition coefficient (Wildman–Crippen LogP) is 2.96. The summed E-state index contributed by atoms with van der Waals surface area (Å²) in [6, 6.07) is 4.92. The average molecular weight is 248 g/mol. The number of aromatic hydroxyl groups is 1. The Morgan fingerprint density at radius 3 is 2.67 bits per heavy atom. The maximum Gasteiger partial charge on any atom is 0.321 e. The summed E-state index contributed by atoms with van der Waals surface area (Å²) in [6.07, 6.45) is 2.14. The molecule has 0 atom stereocenters. The number of nitrogens with zero attached hydrogens (tertiary/aromatic N) is 1. The molecule has 0 aliphatic carbocycles. The molecule has 98 valence electrons. The second-order valence-electron chi connectivity index (χ2n) is 5.10. The number of phenolic OH excluding ortho intramolecular Hbond substituents is 1. The normalized spacial score (nSPS) is 16.7. The number of benzene rings is 1. The van der Waals surface area contributed by atoms with Crippen molar-refractivity contribution in [1.29, 1.82) is 0 Å². The number of nitrogens with one attached hydrogen (secondary N) is 1. The van der Waals surface area contributed by atoms with Crippen molar-refractivity contribution in [3.05, 3.63) is 23.8 Å². The molecule has 1 fully saturated rings. The van der Waals surface area contributed by atoms with Gasteiger partial charge in [0.25, 0.3) is 0 Å². The number of phenols is 1. The van der Waals surface area contributed by atoms with Gasteiger partial charge in [-0.05, 0) is 49.4 Å². The molecule has 1 aliphatic heterocycles. The first-order valence-corrected chi connectivity index (χ1v) is 6.42. The lowest BCUT2D eigenvalue weighted by Crippen LogP contribution is -2.40. The Labute approximate surface area is 108 Å². The third-order valence-corrected chi connectivity index (χ3v) is 3.52. The Balaban J connectivity index is 1.98. The van der Waals surface area contributed by atoms with Crippen LogP contribution in [0.15, 0.2) is 18.2 Å². The topological polar surface area (TPSA) is 52.6 Å². The molecular formula is C14H20N2O2. The van der Waals surface area contributed by atoms with Crippen LogP contribution in [-0.2, 0) is 0 Å². The molecule has 0 unspecified atom stereocenters. The minimum Gasteiger partial charge on any atom is -0.508 e. The maximum absolute atomic E-state index is 12.1. The van der Waals surface area contributed by atoms with Gasteiger partial charge in [-0.2, -0.15) is 0 Å². The van der Waals surface area contributed by atoms with Crippen LogP contribution in [-0.4, -0.2) is 29.1 Å². The molecule has 2 N–H and O–H groups in total. The number of carbonyl (C=O) groups is 1. The first-order chi connectivity index (χ1) is 8.56. The number of anilines is 1. The minimum absolute atomic E-state index is 0.0457. The van der Waals surface area contributed by atoms with E-state index in [4.69, 9.17) is 0 Å². The van der Waals surface area contributed by atoms with Gasteiger partial charge >= 0.3 is 6.03 Å². The van der Waals surface area contributed by atoms with E-state index < -0.39 is 0 Å². The first kappa shape index (κ1) is 12.7. The summed E-state index contributed by atoms with van der Waals surface area (Å²) in [5.74, 6) is 0.932. The fraction of sp³-hybridized carbons (Fsp3) is 0.500. The zero-order valence-electron chi connectivity index (χ0n) is 10.9. The average Bonchev–Trinajstić information content (AvgIpc) is 2.33. The largest absolute Gasteiger partial charge is 0.508 e. The maximum atomic E-state index is 12.1. The van der Waals surface area contributed by atoms with E-state index in [-0.39, 0.29) is 11.8 Å². The van der Waals surface area contributed by atoms with Crippen molar-refractivity contribution in [2.24, 2.45) is 5.92 Å². The highest BCUT2D eigenvalue weighted by Gasteiger charge is 2.20. The lowest BCUT2D eigenvalue weighted by molar-refractivity contribution is 0.186. The van der Waals surface area contributed by atoms with Crippen molar-refractivity contribution >= 4 is 11.7 Å². The molecule has 0 saturated carbocycles. The summed E-state index contributed by atoms with van der Waals surface area (Å²) in [5, 5.41) is 12.2. The number of urea groups is 1. The van der Waals surface area contributed by atoms with Crippen LogP contribution in [0.2, 0.25) is 0 Å². The van der Waals surface area contributed by atoms with Crippen LogP contribution in [0.4, 0.5) is 10.5 Å². The molecule has 0 bridgehead atoms. The molecule has 1 aliphatic rings. The van der Waals surface area contributed by atoms with Gasteiger partial charge in [-0.15, -0.1) is 0 Å². The van der Waals surface area contributed by atoms with E-state index in [1.54, 1.807) is 18.2 Å². The lowest BCUT2D eigenvalue weighted by atomic mass is 10.00. The van der Waals surface area contributed by atoms with Gasteiger partial charge in [0.2, 0.25) is 0 Å². The van der Waals surface area contributed by atoms with Gasteiger partial charge in [0.05, 0.1) is 0 Å². The summed E-state index contributed by atoms with van der Waals surface area (Å²) >= 11 is 0. The van der Waals surface area contributed by atoms with Gasteiger partial charge in [0.1, 0.15) is 5.75 Å². The highest BCUT2D eigenvalue weighted by Crippen LogP contribution is 2.22. The third-order valence-electron chi connectivity index (χ3n) is 3.52. The van der Waals surface area contributed by atoms with E-state index in [9.17, 15) is 9.90 Å². The molecular weight excluding hydrogens is 228 g/mol. The van der Waals surface area contributed by atoms with Crippen molar-refractivity contribution in [1.82, 2.24) is 4.90 Å². The minimum atomic E-state index is -0.0457. The second kappa shape index (κ2) is 5.29. The molecule has 1 aromatic carbocycles. The molecule has 18 heavy (non-hydrogen) atoms. The van der Waals surface area contributed by atoms with Crippen LogP contribution in [0, 0.1) is 12.8 Å². The quantitative estimate of drug-likeness (QED) is 0.751. The summed E-state index contributed by atoms with van der Waals surface area (Å²) in [4.78, 5) is 13.9. The van der Waals surface area contributed by atoms with Gasteiger partial charge in [-0.25, -0.2) is 4.79 Å². The molecule has 0 spiro atoms. The monoisotopic (exact) mass is 248 g/mol. The number of rotatable bonds is 1. The third kappa shape index (κ3) is 2.94. The van der Waals surface area contributed by atoms with Crippen molar-refractivity contribution in [3.63, 3.8) is 0 Å². The number of amides is 2. The van der Waals surface area contributed by atoms with E-state index in [1.807, 2.05) is 11.8 Å². The summed E-state index contributed by atoms with van der Waals surface area (Å²) in [7, 11) is 0. The number of likely N-dealkylation sites (tertiary alicyclic amines) is 1. The smallest absolute Gasteiger partial charge is 0.321 e. The number of hydrogen-bond donors (Lipinski definition) is 2. The van der Waals surface area contributed by atoms with Crippen molar-refractivity contribution in [2.75, 3.05) is 18.4 Å². The molecule has 0 aromatic heterocycles. The molecule has 2 rings (SSSR count). The van der Waals surface area contributed by atoms with E-state index in [2.05, 4.69) is 12.2 Å². The summed E-state index contributed by atoms with van der Waals surface area (Å²) in [6.45, 7) is 5.74. The molecule has 1 saturated heterocycles. The molecule has 1 aromatic rings.